The number of hydrogen-bond donors (Lipinski definition) is 1. The maximum absolute atomic E-state index is 13.4. The van der Waals surface area contributed by atoms with Crippen molar-refractivity contribution in [1.82, 2.24) is 0 Å². The molecule has 0 aliphatic carbocycles. The van der Waals surface area contributed by atoms with E-state index in [0.717, 1.165) is 6.07 Å². The second-order valence-corrected chi connectivity index (χ2v) is 12.6. The predicted octanol–water partition coefficient (Wildman–Crippen LogP) is 3.31. The summed E-state index contributed by atoms with van der Waals surface area (Å²) < 4.78 is 95.2. The molecule has 57 heavy (non-hydrogen) atoms. The molecule has 0 aliphatic heterocycles. The van der Waals surface area contributed by atoms with Gasteiger partial charge in [0.05, 0.1) is 34.5 Å². The summed E-state index contributed by atoms with van der Waals surface area (Å²) in [5.41, 5.74) is 0.286. The van der Waals surface area contributed by atoms with E-state index < -0.39 is 40.7 Å². The smallest absolute Gasteiger partial charge is 0.716 e. The third kappa shape index (κ3) is 8.57. The molecule has 0 radical (unpaired) electrons. The van der Waals surface area contributed by atoms with Gasteiger partial charge in [-0.3, -0.25) is 0 Å². The number of hydrogen-bond acceptors (Lipinski definition) is 17. The molecule has 3 heterocycles. The van der Waals surface area contributed by atoms with E-state index in [1.807, 2.05) is 0 Å². The fourth-order valence-corrected chi connectivity index (χ4v) is 6.38. The molecule has 0 saturated carbocycles. The van der Waals surface area contributed by atoms with Gasteiger partial charge in [0, 0.05) is 34.4 Å². The molecule has 6 aromatic rings. The van der Waals surface area contributed by atoms with Crippen LogP contribution in [-0.2, 0) is 33.1 Å². The van der Waals surface area contributed by atoms with Crippen molar-refractivity contribution < 1.29 is 113 Å². The molecule has 0 spiro atoms. The van der Waals surface area contributed by atoms with Gasteiger partial charge in [-0.2, -0.15) is 0 Å². The van der Waals surface area contributed by atoms with Crippen LogP contribution in [0.25, 0.3) is 32.9 Å². The molecule has 6 rings (SSSR count). The number of aromatic carboxylic acids is 1. The number of benzene rings is 3. The predicted molar refractivity (Wildman–Crippen MR) is 191 cm³/mol. The largest absolute Gasteiger partial charge is 1.00 e. The first-order valence-corrected chi connectivity index (χ1v) is 17.9. The molecular formula is C37H33NaO18S. The number of furan rings is 3. The average molecular weight is 821 g/mol. The Bertz CT molecular complexity index is 2620. The number of carbonyl (C=O) groups excluding carboxylic acids is 2. The molecule has 0 fully saturated rings. The van der Waals surface area contributed by atoms with Crippen LogP contribution in [0.5, 0.6) is 34.5 Å². The van der Waals surface area contributed by atoms with E-state index >= 15 is 0 Å². The SMILES string of the molecule is CCOC(=O)c1c(COc2cc3c(C(=O)O)c(C)oc3cc2OC)oc2cc(OC)c(OCc3oc4cc(OC)c(OS(=O)(=O)[O-])cc4c3C(=O)OCC)cc12.[Na+]. The van der Waals surface area contributed by atoms with E-state index in [9.17, 15) is 32.5 Å². The number of carboxylic acids is 1. The van der Waals surface area contributed by atoms with Gasteiger partial charge in [-0.1, -0.05) is 0 Å². The van der Waals surface area contributed by atoms with Crippen molar-refractivity contribution in [2.75, 3.05) is 34.5 Å². The Balaban J connectivity index is 0.00000620. The Morgan fingerprint density at radius 2 is 1.02 bits per heavy atom. The molecule has 18 nitrogen and oxygen atoms in total. The zero-order chi connectivity index (χ0) is 40.5. The summed E-state index contributed by atoms with van der Waals surface area (Å²) in [6.07, 6.45) is 0. The number of esters is 2. The summed E-state index contributed by atoms with van der Waals surface area (Å²) >= 11 is 0. The van der Waals surface area contributed by atoms with E-state index in [-0.39, 0.29) is 145 Å². The molecule has 0 bridgehead atoms. The minimum Gasteiger partial charge on any atom is -0.716 e. The summed E-state index contributed by atoms with van der Waals surface area (Å²) in [5.74, 6) is -2.74. The normalized spacial score (nSPS) is 11.3. The van der Waals surface area contributed by atoms with Crippen LogP contribution >= 0.6 is 0 Å². The molecule has 0 amide bonds. The monoisotopic (exact) mass is 820 g/mol. The average Bonchev–Trinajstić information content (AvgIpc) is 3.80. The summed E-state index contributed by atoms with van der Waals surface area (Å²) in [6, 6.07) is 8.16. The molecule has 1 N–H and O–H groups in total. The Morgan fingerprint density at radius 3 is 1.40 bits per heavy atom. The quantitative estimate of drug-likeness (QED) is 0.0637. The maximum Gasteiger partial charge on any atom is 1.00 e. The number of ether oxygens (including phenoxy) is 7. The van der Waals surface area contributed by atoms with E-state index in [1.165, 1.54) is 58.6 Å². The van der Waals surface area contributed by atoms with Crippen molar-refractivity contribution in [1.29, 1.82) is 0 Å². The molecule has 0 aliphatic rings. The first-order valence-electron chi connectivity index (χ1n) is 16.6. The Morgan fingerprint density at radius 1 is 0.632 bits per heavy atom. The minimum absolute atomic E-state index is 0. The van der Waals surface area contributed by atoms with Crippen molar-refractivity contribution in [2.45, 2.75) is 34.0 Å². The fourth-order valence-electron chi connectivity index (χ4n) is 6.03. The van der Waals surface area contributed by atoms with Crippen LogP contribution < -0.4 is 57.4 Å². The standard InChI is InChI=1S/C37H34O18S.Na/c1-7-48-36(40)33-19-10-28(51-16-31-34(37(41)49-8-2)20-11-29(55-56(42,43)44)26(47-6)14-23(20)54-31)25(46-5)13-22(19)53-30(33)15-50-27-9-18-21(12-24(27)45-4)52-17(3)32(18)35(38)39;/h9-14H,7-8,15-16H2,1-6H3,(H,38,39)(H,42,43,44);/q;+1/p-1. The number of carbonyl (C=O) groups is 3. The number of methoxy groups -OCH3 is 3. The molecule has 3 aromatic heterocycles. The molecule has 3 aromatic carbocycles. The molecule has 296 valence electrons. The second kappa shape index (κ2) is 17.3. The summed E-state index contributed by atoms with van der Waals surface area (Å²) in [4.78, 5) is 38.5. The van der Waals surface area contributed by atoms with Gasteiger partial charge in [-0.15, -0.1) is 0 Å². The topological polar surface area (TPSA) is 242 Å². The Kier molecular flexibility index (Phi) is 12.9. The Labute approximate surface area is 345 Å². The van der Waals surface area contributed by atoms with Crippen LogP contribution in [0, 0.1) is 6.92 Å². The van der Waals surface area contributed by atoms with Gasteiger partial charge in [0.1, 0.15) is 52.4 Å². The van der Waals surface area contributed by atoms with Crippen molar-refractivity contribution >= 4 is 61.2 Å². The van der Waals surface area contributed by atoms with Crippen molar-refractivity contribution in [2.24, 2.45) is 0 Å². The van der Waals surface area contributed by atoms with E-state index in [2.05, 4.69) is 4.18 Å². The molecule has 20 heteroatoms. The van der Waals surface area contributed by atoms with Crippen molar-refractivity contribution in [3.63, 3.8) is 0 Å². The second-order valence-electron chi connectivity index (χ2n) is 11.6. The summed E-state index contributed by atoms with van der Waals surface area (Å²) in [5, 5.41) is 10.3. The zero-order valence-corrected chi connectivity index (χ0v) is 34.4. The van der Waals surface area contributed by atoms with Gasteiger partial charge in [0.2, 0.25) is 0 Å². The van der Waals surface area contributed by atoms with Crippen LogP contribution in [0.15, 0.2) is 49.6 Å². The molecular weight excluding hydrogens is 787 g/mol. The Hall–Kier alpha value is -5.60. The van der Waals surface area contributed by atoms with Gasteiger partial charge >= 0.3 is 47.5 Å². The van der Waals surface area contributed by atoms with Crippen LogP contribution in [0.2, 0.25) is 0 Å². The van der Waals surface area contributed by atoms with Crippen LogP contribution in [0.1, 0.15) is 62.2 Å². The van der Waals surface area contributed by atoms with Gasteiger partial charge in [0.25, 0.3) is 10.4 Å². The fraction of sp³-hybridized carbons (Fsp3) is 0.270. The van der Waals surface area contributed by atoms with E-state index in [0.29, 0.717) is 0 Å². The van der Waals surface area contributed by atoms with Gasteiger partial charge in [-0.05, 0) is 39.0 Å². The summed E-state index contributed by atoms with van der Waals surface area (Å²) in [7, 11) is -1.26. The number of aryl methyl sites for hydroxylation is 1. The van der Waals surface area contributed by atoms with E-state index in [1.54, 1.807) is 13.8 Å². The third-order valence-electron chi connectivity index (χ3n) is 8.33. The van der Waals surface area contributed by atoms with Gasteiger partial charge < -0.3 is 60.3 Å². The number of carboxylic acid groups (broad SMARTS) is 1. The zero-order valence-electron chi connectivity index (χ0n) is 31.6. The molecule has 0 unspecified atom stereocenters. The maximum atomic E-state index is 13.4. The molecule has 0 atom stereocenters. The van der Waals surface area contributed by atoms with Crippen molar-refractivity contribution in [3.05, 3.63) is 70.4 Å². The minimum atomic E-state index is -5.22. The third-order valence-corrected chi connectivity index (χ3v) is 8.71. The van der Waals surface area contributed by atoms with E-state index in [4.69, 9.17) is 46.4 Å². The number of rotatable bonds is 16. The number of fused-ring (bicyclic) bond motifs is 3. The first-order chi connectivity index (χ1) is 26.7. The van der Waals surface area contributed by atoms with Crippen LogP contribution in [0.4, 0.5) is 0 Å². The van der Waals surface area contributed by atoms with Crippen molar-refractivity contribution in [3.8, 4) is 34.5 Å². The molecule has 0 saturated heterocycles. The van der Waals surface area contributed by atoms with Crippen LogP contribution in [0.3, 0.4) is 0 Å². The van der Waals surface area contributed by atoms with Crippen LogP contribution in [-0.4, -0.2) is 70.5 Å². The summed E-state index contributed by atoms with van der Waals surface area (Å²) in [6.45, 7) is 3.95. The van der Waals surface area contributed by atoms with Gasteiger partial charge in [-0.25, -0.2) is 22.8 Å². The van der Waals surface area contributed by atoms with Gasteiger partial charge in [0.15, 0.2) is 46.0 Å². The first kappa shape index (κ1) is 42.5.